The van der Waals surface area contributed by atoms with Crippen LogP contribution in [0.2, 0.25) is 0 Å². The van der Waals surface area contributed by atoms with Crippen molar-refractivity contribution in [2.24, 2.45) is 0 Å². The van der Waals surface area contributed by atoms with E-state index in [1.54, 1.807) is 0 Å². The van der Waals surface area contributed by atoms with Crippen molar-refractivity contribution in [1.29, 1.82) is 0 Å². The van der Waals surface area contributed by atoms with Crippen LogP contribution in [-0.2, 0) is 6.54 Å². The average Bonchev–Trinajstić information content (AvgIpc) is 2.29. The molecule has 0 aliphatic rings. The number of halogens is 1. The molecule has 0 heterocycles. The highest BCUT2D eigenvalue weighted by Gasteiger charge is 2.00. The van der Waals surface area contributed by atoms with E-state index in [0.717, 1.165) is 16.8 Å². The summed E-state index contributed by atoms with van der Waals surface area (Å²) in [5.74, 6) is 1.02. The summed E-state index contributed by atoms with van der Waals surface area (Å²) < 4.78 is 1.16. The second-order valence-corrected chi connectivity index (χ2v) is 5.87. The molecule has 1 aromatic carbocycles. The first-order chi connectivity index (χ1) is 8.22. The molecule has 0 aromatic heterocycles. The molecule has 0 fully saturated rings. The Labute approximate surface area is 119 Å². The molecule has 17 heavy (non-hydrogen) atoms. The van der Waals surface area contributed by atoms with Crippen molar-refractivity contribution < 1.29 is 0 Å². The Kier molecular flexibility index (Phi) is 7.99. The summed E-state index contributed by atoms with van der Waals surface area (Å²) in [6.45, 7) is 2.21. The lowest BCUT2D eigenvalue weighted by Gasteiger charge is -2.16. The first kappa shape index (κ1) is 15.1. The molecule has 0 N–H and O–H groups in total. The standard InChI is InChI=1S/C14H22BrNS/c1-16(9-4-2-3-5-10-17)12-13-7-6-8-14(15)11-13/h6-8,11,17H,2-5,9-10,12H2,1H3. The van der Waals surface area contributed by atoms with Crippen LogP contribution in [-0.4, -0.2) is 24.2 Å². The van der Waals surface area contributed by atoms with Crippen molar-refractivity contribution in [3.05, 3.63) is 34.3 Å². The summed E-state index contributed by atoms with van der Waals surface area (Å²) in [6.07, 6.45) is 5.17. The summed E-state index contributed by atoms with van der Waals surface area (Å²) >= 11 is 7.73. The normalized spacial score (nSPS) is 11.1. The van der Waals surface area contributed by atoms with E-state index in [0.29, 0.717) is 0 Å². The number of unbranched alkanes of at least 4 members (excludes halogenated alkanes) is 3. The second kappa shape index (κ2) is 9.01. The Bertz CT molecular complexity index is 317. The number of rotatable bonds is 8. The lowest BCUT2D eigenvalue weighted by Crippen LogP contribution is -2.19. The van der Waals surface area contributed by atoms with E-state index >= 15 is 0 Å². The molecule has 0 spiro atoms. The Balaban J connectivity index is 2.18. The number of hydrogen-bond donors (Lipinski definition) is 1. The van der Waals surface area contributed by atoms with Crippen LogP contribution in [0.25, 0.3) is 0 Å². The zero-order chi connectivity index (χ0) is 12.5. The molecule has 3 heteroatoms. The van der Waals surface area contributed by atoms with Gasteiger partial charge in [0.1, 0.15) is 0 Å². The third-order valence-corrected chi connectivity index (χ3v) is 3.60. The maximum absolute atomic E-state index is 4.22. The van der Waals surface area contributed by atoms with Crippen molar-refractivity contribution in [2.75, 3.05) is 19.3 Å². The highest BCUT2D eigenvalue weighted by molar-refractivity contribution is 9.10. The predicted molar refractivity (Wildman–Crippen MR) is 82.8 cm³/mol. The molecule has 0 aliphatic heterocycles. The topological polar surface area (TPSA) is 3.24 Å². The van der Waals surface area contributed by atoms with E-state index in [-0.39, 0.29) is 0 Å². The Hall–Kier alpha value is 0.01000. The van der Waals surface area contributed by atoms with Crippen molar-refractivity contribution >= 4 is 28.6 Å². The molecule has 1 nitrogen and oxygen atoms in total. The molecule has 0 radical (unpaired) electrons. The van der Waals surface area contributed by atoms with Crippen molar-refractivity contribution in [2.45, 2.75) is 32.2 Å². The predicted octanol–water partition coefficient (Wildman–Crippen LogP) is 4.37. The van der Waals surface area contributed by atoms with E-state index in [1.165, 1.54) is 37.8 Å². The van der Waals surface area contributed by atoms with Gasteiger partial charge in [-0.2, -0.15) is 12.6 Å². The molecular formula is C14H22BrNS. The number of nitrogens with zero attached hydrogens (tertiary/aromatic N) is 1. The monoisotopic (exact) mass is 315 g/mol. The van der Waals surface area contributed by atoms with Gasteiger partial charge >= 0.3 is 0 Å². The van der Waals surface area contributed by atoms with E-state index < -0.39 is 0 Å². The molecule has 1 rings (SSSR count). The van der Waals surface area contributed by atoms with E-state index in [2.05, 4.69) is 64.8 Å². The average molecular weight is 316 g/mol. The van der Waals surface area contributed by atoms with Gasteiger partial charge in [-0.1, -0.05) is 40.9 Å². The summed E-state index contributed by atoms with van der Waals surface area (Å²) in [6, 6.07) is 8.54. The highest BCUT2D eigenvalue weighted by atomic mass is 79.9. The Morgan fingerprint density at radius 3 is 2.65 bits per heavy atom. The van der Waals surface area contributed by atoms with Crippen LogP contribution in [0.5, 0.6) is 0 Å². The van der Waals surface area contributed by atoms with Gasteiger partial charge in [0.05, 0.1) is 0 Å². The van der Waals surface area contributed by atoms with Gasteiger partial charge in [0, 0.05) is 11.0 Å². The van der Waals surface area contributed by atoms with Crippen molar-refractivity contribution in [1.82, 2.24) is 4.90 Å². The van der Waals surface area contributed by atoms with Gasteiger partial charge in [0.2, 0.25) is 0 Å². The van der Waals surface area contributed by atoms with Gasteiger partial charge in [-0.25, -0.2) is 0 Å². The maximum Gasteiger partial charge on any atom is 0.0231 e. The van der Waals surface area contributed by atoms with Gasteiger partial charge in [-0.3, -0.25) is 0 Å². The van der Waals surface area contributed by atoms with Crippen LogP contribution in [0.4, 0.5) is 0 Å². The summed E-state index contributed by atoms with van der Waals surface area (Å²) in [5.41, 5.74) is 1.37. The fourth-order valence-electron chi connectivity index (χ4n) is 1.87. The van der Waals surface area contributed by atoms with Gasteiger partial charge < -0.3 is 4.90 Å². The fourth-order valence-corrected chi connectivity index (χ4v) is 2.54. The van der Waals surface area contributed by atoms with Crippen LogP contribution in [0.15, 0.2) is 28.7 Å². The second-order valence-electron chi connectivity index (χ2n) is 4.51. The lowest BCUT2D eigenvalue weighted by molar-refractivity contribution is 0.317. The quantitative estimate of drug-likeness (QED) is 0.550. The third-order valence-electron chi connectivity index (χ3n) is 2.79. The molecule has 0 amide bonds. The molecule has 0 unspecified atom stereocenters. The lowest BCUT2D eigenvalue weighted by atomic mass is 10.2. The van der Waals surface area contributed by atoms with E-state index in [4.69, 9.17) is 0 Å². The van der Waals surface area contributed by atoms with Crippen LogP contribution in [0, 0.1) is 0 Å². The molecule has 0 aliphatic carbocycles. The Morgan fingerprint density at radius 1 is 1.18 bits per heavy atom. The van der Waals surface area contributed by atoms with Crippen molar-refractivity contribution in [3.8, 4) is 0 Å². The largest absolute Gasteiger partial charge is 0.302 e. The minimum atomic E-state index is 1.02. The molecule has 0 saturated heterocycles. The van der Waals surface area contributed by atoms with Crippen molar-refractivity contribution in [3.63, 3.8) is 0 Å². The van der Waals surface area contributed by atoms with Gasteiger partial charge in [-0.05, 0) is 49.9 Å². The minimum absolute atomic E-state index is 1.02. The molecule has 0 saturated carbocycles. The van der Waals surface area contributed by atoms with Gasteiger partial charge in [0.15, 0.2) is 0 Å². The molecule has 1 aromatic rings. The summed E-state index contributed by atoms with van der Waals surface area (Å²) in [4.78, 5) is 2.39. The molecule has 0 bridgehead atoms. The fraction of sp³-hybridized carbons (Fsp3) is 0.571. The van der Waals surface area contributed by atoms with Crippen LogP contribution in [0.1, 0.15) is 31.2 Å². The highest BCUT2D eigenvalue weighted by Crippen LogP contribution is 2.13. The van der Waals surface area contributed by atoms with Gasteiger partial charge in [-0.15, -0.1) is 0 Å². The Morgan fingerprint density at radius 2 is 1.94 bits per heavy atom. The van der Waals surface area contributed by atoms with Crippen LogP contribution >= 0.6 is 28.6 Å². The van der Waals surface area contributed by atoms with Crippen LogP contribution in [0.3, 0.4) is 0 Å². The first-order valence-corrected chi connectivity index (χ1v) is 7.69. The summed E-state index contributed by atoms with van der Waals surface area (Å²) in [5, 5.41) is 0. The molecule has 96 valence electrons. The number of hydrogen-bond acceptors (Lipinski definition) is 2. The number of benzene rings is 1. The SMILES string of the molecule is CN(CCCCCCS)Cc1cccc(Br)c1. The molecular weight excluding hydrogens is 294 g/mol. The smallest absolute Gasteiger partial charge is 0.0231 e. The zero-order valence-corrected chi connectivity index (χ0v) is 13.0. The first-order valence-electron chi connectivity index (χ1n) is 6.26. The minimum Gasteiger partial charge on any atom is -0.302 e. The number of thiol groups is 1. The summed E-state index contributed by atoms with van der Waals surface area (Å²) in [7, 11) is 2.19. The van der Waals surface area contributed by atoms with Crippen LogP contribution < -0.4 is 0 Å². The van der Waals surface area contributed by atoms with E-state index in [1.807, 2.05) is 0 Å². The zero-order valence-electron chi connectivity index (χ0n) is 10.5. The van der Waals surface area contributed by atoms with E-state index in [9.17, 15) is 0 Å². The molecule has 0 atom stereocenters. The maximum atomic E-state index is 4.22. The third kappa shape index (κ3) is 7.12. The van der Waals surface area contributed by atoms with Gasteiger partial charge in [0.25, 0.3) is 0 Å².